The second kappa shape index (κ2) is 44.3. The number of likely N-dealkylation sites (tertiary alicyclic amines) is 1. The number of nitrogens with zero attached hydrogens (tertiary/aromatic N) is 12. The van der Waals surface area contributed by atoms with Crippen molar-refractivity contribution in [2.24, 2.45) is 37.8 Å². The summed E-state index contributed by atoms with van der Waals surface area (Å²) >= 11 is 25.5. The Bertz CT molecular complexity index is 5660. The molecule has 5 amide bonds. The highest BCUT2D eigenvalue weighted by Gasteiger charge is 2.51. The van der Waals surface area contributed by atoms with Crippen molar-refractivity contribution in [2.75, 3.05) is 67.6 Å². The molecule has 4 aliphatic rings. The summed E-state index contributed by atoms with van der Waals surface area (Å²) < 4.78 is 23.2. The Morgan fingerprint density at radius 2 is 1.20 bits per heavy atom. The highest BCUT2D eigenvalue weighted by molar-refractivity contribution is 6.31. The van der Waals surface area contributed by atoms with E-state index in [9.17, 15) is 48.9 Å². The summed E-state index contributed by atoms with van der Waals surface area (Å²) in [5.74, 6) is -2.06. The van der Waals surface area contributed by atoms with Crippen molar-refractivity contribution >= 4 is 87.7 Å². The molecule has 698 valence electrons. The van der Waals surface area contributed by atoms with Gasteiger partial charge in [0.25, 0.3) is 0 Å². The largest absolute Gasteiger partial charge is 0.481 e. The van der Waals surface area contributed by atoms with Crippen LogP contribution in [0.25, 0.3) is 22.5 Å². The Morgan fingerprint density at radius 3 is 1.75 bits per heavy atom. The number of halogens is 4. The number of carbonyl (C=O) groups is 7. The molecule has 14 rings (SSSR count). The quantitative estimate of drug-likeness (QED) is 0.0279. The predicted octanol–water partition coefficient (Wildman–Crippen LogP) is 14.9. The molecule has 0 aliphatic carbocycles. The van der Waals surface area contributed by atoms with E-state index in [1.807, 2.05) is 159 Å². The van der Waals surface area contributed by atoms with Crippen molar-refractivity contribution in [3.8, 4) is 45.5 Å². The van der Waals surface area contributed by atoms with Gasteiger partial charge in [0.15, 0.2) is 5.78 Å². The summed E-state index contributed by atoms with van der Waals surface area (Å²) in [5.41, 5.74) is 5.89. The lowest BCUT2D eigenvalue weighted by Crippen LogP contribution is -2.65. The number of pyridine rings is 2. The molecule has 5 N–H and O–H groups in total. The van der Waals surface area contributed by atoms with Crippen molar-refractivity contribution in [1.82, 2.24) is 69.1 Å². The van der Waals surface area contributed by atoms with Crippen LogP contribution in [0.5, 0.6) is 23.0 Å². The number of Topliss-reactive ketones (excluding diaryl/α,β-unsaturated/α-hetero) is 1. The van der Waals surface area contributed by atoms with Gasteiger partial charge >= 0.3 is 5.97 Å². The smallest absolute Gasteiger partial charge is 0.304 e. The monoisotopic (exact) mass is 1870 g/mol. The number of aromatic nitrogens is 6. The van der Waals surface area contributed by atoms with Crippen LogP contribution >= 0.6 is 46.4 Å². The van der Waals surface area contributed by atoms with Crippen LogP contribution in [-0.2, 0) is 104 Å². The van der Waals surface area contributed by atoms with Crippen molar-refractivity contribution in [2.45, 2.75) is 166 Å². The average Bonchev–Trinajstić information content (AvgIpc) is 1.55. The van der Waals surface area contributed by atoms with Crippen LogP contribution in [0.2, 0.25) is 20.1 Å². The van der Waals surface area contributed by atoms with Gasteiger partial charge in [-0.3, -0.25) is 53.3 Å². The van der Waals surface area contributed by atoms with Crippen LogP contribution in [0.3, 0.4) is 0 Å². The van der Waals surface area contributed by atoms with Crippen LogP contribution < -0.4 is 20.1 Å². The lowest BCUT2D eigenvalue weighted by atomic mass is 9.81. The Balaban J connectivity index is 0.000000225. The first-order valence-corrected chi connectivity index (χ1v) is 46.3. The van der Waals surface area contributed by atoms with Crippen LogP contribution in [0.15, 0.2) is 195 Å². The number of imidazole rings is 2. The van der Waals surface area contributed by atoms with Gasteiger partial charge in [-0.05, 0) is 257 Å². The number of ketones is 1. The minimum Gasteiger partial charge on any atom is -0.481 e. The summed E-state index contributed by atoms with van der Waals surface area (Å²) in [4.78, 5) is 128. The van der Waals surface area contributed by atoms with Crippen molar-refractivity contribution < 1.29 is 63.1 Å². The van der Waals surface area contributed by atoms with Gasteiger partial charge in [0.05, 0.1) is 85.5 Å². The number of ether oxygens (including phenoxy) is 3. The first kappa shape index (κ1) is 98.6. The molecule has 6 aromatic carbocycles. The first-order valence-electron chi connectivity index (χ1n) is 44.8. The minimum atomic E-state index is -1.29. The highest BCUT2D eigenvalue weighted by atomic mass is 35.5. The summed E-state index contributed by atoms with van der Waals surface area (Å²) in [5, 5.41) is 41.5. The maximum atomic E-state index is 14.9. The van der Waals surface area contributed by atoms with Gasteiger partial charge in [0.1, 0.15) is 52.6 Å². The van der Waals surface area contributed by atoms with E-state index in [0.29, 0.717) is 126 Å². The minimum absolute atomic E-state index is 0.00265. The molecular formula is C101H118Cl4N14O13. The predicted molar refractivity (Wildman–Crippen MR) is 508 cm³/mol. The number of fused-ring (bicyclic) bond motifs is 2. The maximum Gasteiger partial charge on any atom is 0.304 e. The molecule has 2 unspecified atom stereocenters. The van der Waals surface area contributed by atoms with E-state index in [1.54, 1.807) is 126 Å². The molecule has 132 heavy (non-hydrogen) atoms. The third-order valence-corrected chi connectivity index (χ3v) is 26.4. The van der Waals surface area contributed by atoms with Gasteiger partial charge in [0, 0.05) is 127 Å². The van der Waals surface area contributed by atoms with E-state index >= 15 is 0 Å². The Hall–Kier alpha value is -11.0. The third-order valence-electron chi connectivity index (χ3n) is 25.4. The molecule has 9 atom stereocenters. The molecule has 27 nitrogen and oxygen atoms in total. The molecule has 0 radical (unpaired) electrons. The SMILES string of the molecule is C[C@H](CCc1ccc(Cl)cc1Oc1ccc(-c2cnc(CN(C)C)n2C)cc1)C(=O)N1[C@H](C(=O)N[C@@]2(Cc3ccc(Cl)cc3)CCCN(C(=O)[C@@H](CC(=O)O)Cc3cccnc3)C2)COC1(C)C.C[C@H]1C(=O)CC(CO)C(=O)N[C@@]2(Cc3ccc(Cl)cc3)CCCN(C2)C(=O)[C@H](Cc2cccnc2)CC(O)N1Cc1ccc(Cl)cc1Oc1ccc(-c2cnc(CN(C)C)n2C)cc1. The lowest BCUT2D eigenvalue weighted by Gasteiger charge is -2.45. The number of aliphatic carboxylic acids is 1. The van der Waals surface area contributed by atoms with Gasteiger partial charge in [-0.25, -0.2) is 9.97 Å². The number of aryl methyl sites for hydroxylation is 1. The van der Waals surface area contributed by atoms with E-state index < -0.39 is 83.2 Å². The molecule has 4 aliphatic heterocycles. The van der Waals surface area contributed by atoms with Crippen LogP contribution in [-0.4, -0.2) is 218 Å². The van der Waals surface area contributed by atoms with Gasteiger partial charge in [-0.2, -0.15) is 0 Å². The molecular weight excluding hydrogens is 1760 g/mol. The zero-order valence-corrected chi connectivity index (χ0v) is 79.4. The number of carboxylic acid groups (broad SMARTS) is 1. The number of benzene rings is 6. The third kappa shape index (κ3) is 25.3. The molecule has 4 fully saturated rings. The molecule has 10 aromatic rings. The maximum absolute atomic E-state index is 14.9. The number of amides is 5. The van der Waals surface area contributed by atoms with Crippen molar-refractivity contribution in [1.29, 1.82) is 0 Å². The Kier molecular flexibility index (Phi) is 33.1. The van der Waals surface area contributed by atoms with Gasteiger partial charge in [-0.15, -0.1) is 0 Å². The van der Waals surface area contributed by atoms with Crippen molar-refractivity contribution in [3.05, 3.63) is 260 Å². The summed E-state index contributed by atoms with van der Waals surface area (Å²) in [6.45, 7) is 9.19. The lowest BCUT2D eigenvalue weighted by molar-refractivity contribution is -0.154. The van der Waals surface area contributed by atoms with Gasteiger partial charge < -0.3 is 68.9 Å². The second-order valence-electron chi connectivity index (χ2n) is 36.5. The Labute approximate surface area is 791 Å². The summed E-state index contributed by atoms with van der Waals surface area (Å²) in [6, 6.07) is 46.3. The van der Waals surface area contributed by atoms with Crippen LogP contribution in [0, 0.1) is 23.7 Å². The average molecular weight is 1880 g/mol. The zero-order chi connectivity index (χ0) is 94.3. The number of carbonyl (C=O) groups excluding carboxylic acids is 6. The number of nitrogens with one attached hydrogen (secondary N) is 2. The molecule has 31 heteroatoms. The molecule has 2 bridgehead atoms. The van der Waals surface area contributed by atoms with E-state index in [0.717, 1.165) is 68.5 Å². The van der Waals surface area contributed by atoms with Crippen LogP contribution in [0.4, 0.5) is 0 Å². The molecule has 8 heterocycles. The number of hydrogen-bond acceptors (Lipinski definition) is 19. The first-order chi connectivity index (χ1) is 63.1. The molecule has 4 aromatic heterocycles. The van der Waals surface area contributed by atoms with E-state index in [1.165, 1.54) is 0 Å². The number of rotatable bonds is 30. The number of carboxylic acids is 1. The standard InChI is InChI=1S/C52H61Cl2N7O7.C49H57Cl2N7O6/c1-34(10-13-38-14-19-41(54)27-45(38)68-42-20-15-37(16-21-42)43-30-56-46(59(43)6)31-58(4)5)49(65)61-44(32-67-51(61,2)3)48(64)57-52(28-35-11-17-40(53)18-12-35)22-8-24-60(33-52)50(66)39(26-47(62)63)25-36-9-7-23-55-29-36;1-32-43(60)22-38(30-59)47(62)54-49(25-33-8-13-39(50)14-9-33)18-6-20-57(31-49)48(63)37(21-34-7-5-19-52-26-34)23-46(61)58(32)28-36-10-15-40(51)24-44(36)64-41-16-11-35(12-17-41)42-27-53-45(56(42)4)29-55(2)3/h7,9,11-12,14-21,23,27,29-30,34,39,44H,8,10,13,22,24-26,28,31-33H2,1-6H3,(H,57,64)(H,62,63);5,7-17,19,24,26-27,32,37-38,46,59,61H,6,18,20-23,25,28-31H2,1-4H3,(H,54,62)/t34-,39-,44+,52-;32-,37+,38?,46?,49+/m10/s1. The van der Waals surface area contributed by atoms with E-state index in [2.05, 4.69) is 49.5 Å². The van der Waals surface area contributed by atoms with E-state index in [4.69, 9.17) is 60.6 Å². The molecule has 0 saturated carbocycles. The fourth-order valence-corrected chi connectivity index (χ4v) is 18.9. The number of hydrogen-bond donors (Lipinski definition) is 5. The van der Waals surface area contributed by atoms with Gasteiger partial charge in [0.2, 0.25) is 29.5 Å². The fraction of sp³-hybridized carbons (Fsp3) is 0.416. The van der Waals surface area contributed by atoms with Gasteiger partial charge in [-0.1, -0.05) is 102 Å². The highest BCUT2D eigenvalue weighted by Crippen LogP contribution is 2.40. The zero-order valence-electron chi connectivity index (χ0n) is 76.4. The summed E-state index contributed by atoms with van der Waals surface area (Å²) in [7, 11) is 12.0. The topological polar surface area (TPSA) is 313 Å². The number of aliphatic hydroxyl groups excluding tert-OH is 2. The van der Waals surface area contributed by atoms with Crippen LogP contribution in [0.1, 0.15) is 124 Å². The molecule has 0 spiro atoms. The normalized spacial score (nSPS) is 20.7. The number of piperidine rings is 2. The summed E-state index contributed by atoms with van der Waals surface area (Å²) in [6.07, 6.45) is 13.0. The van der Waals surface area contributed by atoms with Crippen molar-refractivity contribution in [3.63, 3.8) is 0 Å². The second-order valence-corrected chi connectivity index (χ2v) is 38.2. The Morgan fingerprint density at radius 1 is 0.652 bits per heavy atom. The van der Waals surface area contributed by atoms with E-state index in [-0.39, 0.29) is 75.4 Å². The fourth-order valence-electron chi connectivity index (χ4n) is 18.4. The molecule has 4 saturated heterocycles. The number of aliphatic hydroxyl groups is 2.